The van der Waals surface area contributed by atoms with E-state index in [-0.39, 0.29) is 12.5 Å². The molecule has 0 aliphatic heterocycles. The molecule has 0 spiro atoms. The summed E-state index contributed by atoms with van der Waals surface area (Å²) in [4.78, 5) is 23.8. The maximum absolute atomic E-state index is 12.1. The zero-order valence-corrected chi connectivity index (χ0v) is 12.6. The van der Waals surface area contributed by atoms with Crippen molar-refractivity contribution in [2.24, 2.45) is 5.41 Å². The number of carbonyl (C=O) groups is 2. The van der Waals surface area contributed by atoms with Gasteiger partial charge >= 0.3 is 5.97 Å². The van der Waals surface area contributed by atoms with Crippen LogP contribution in [0.5, 0.6) is 0 Å². The first kappa shape index (κ1) is 15.0. The van der Waals surface area contributed by atoms with Crippen LogP contribution in [-0.4, -0.2) is 23.5 Å². The second kappa shape index (κ2) is 6.39. The first-order valence-electron chi connectivity index (χ1n) is 7.09. The van der Waals surface area contributed by atoms with E-state index in [1.807, 2.05) is 17.7 Å². The van der Waals surface area contributed by atoms with E-state index in [2.05, 4.69) is 5.32 Å². The molecule has 1 aromatic heterocycles. The van der Waals surface area contributed by atoms with Gasteiger partial charge < -0.3 is 10.4 Å². The minimum absolute atomic E-state index is 0.159. The summed E-state index contributed by atoms with van der Waals surface area (Å²) in [6, 6.07) is 0. The fourth-order valence-electron chi connectivity index (χ4n) is 2.81. The number of thiophene rings is 1. The predicted octanol–water partition coefficient (Wildman–Crippen LogP) is 3.21. The van der Waals surface area contributed by atoms with Gasteiger partial charge in [0.1, 0.15) is 0 Å². The van der Waals surface area contributed by atoms with E-state index >= 15 is 0 Å². The topological polar surface area (TPSA) is 66.4 Å². The summed E-state index contributed by atoms with van der Waals surface area (Å²) >= 11 is 1.49. The van der Waals surface area contributed by atoms with Gasteiger partial charge in [-0.3, -0.25) is 9.59 Å². The van der Waals surface area contributed by atoms with Crippen LogP contribution >= 0.6 is 11.3 Å². The van der Waals surface area contributed by atoms with Crippen molar-refractivity contribution in [3.63, 3.8) is 0 Å². The number of amides is 1. The number of aryl methyl sites for hydroxylation is 1. The molecule has 1 aliphatic rings. The minimum Gasteiger partial charge on any atom is -0.481 e. The lowest BCUT2D eigenvalue weighted by Crippen LogP contribution is -2.43. The lowest BCUT2D eigenvalue weighted by molar-refractivity contribution is -0.149. The Hall–Kier alpha value is -1.36. The van der Waals surface area contributed by atoms with Crippen LogP contribution in [0.3, 0.4) is 0 Å². The van der Waals surface area contributed by atoms with Crippen molar-refractivity contribution in [3.05, 3.63) is 21.9 Å². The Kier molecular flexibility index (Phi) is 4.81. The molecule has 5 heteroatoms. The number of hydrogen-bond acceptors (Lipinski definition) is 3. The molecule has 2 rings (SSSR count). The molecular weight excluding hydrogens is 274 g/mol. The van der Waals surface area contributed by atoms with E-state index < -0.39 is 11.4 Å². The highest BCUT2D eigenvalue weighted by Gasteiger charge is 2.38. The fraction of sp³-hybridized carbons (Fsp3) is 0.600. The number of carboxylic acid groups (broad SMARTS) is 1. The number of hydrogen-bond donors (Lipinski definition) is 2. The van der Waals surface area contributed by atoms with E-state index in [0.29, 0.717) is 18.4 Å². The molecule has 0 radical (unpaired) electrons. The van der Waals surface area contributed by atoms with Gasteiger partial charge in [-0.2, -0.15) is 11.3 Å². The average Bonchev–Trinajstić information content (AvgIpc) is 2.71. The minimum atomic E-state index is -0.782. The normalized spacial score (nSPS) is 18.2. The maximum Gasteiger partial charge on any atom is 0.311 e. The molecule has 1 saturated carbocycles. The van der Waals surface area contributed by atoms with Gasteiger partial charge in [0, 0.05) is 11.9 Å². The average molecular weight is 295 g/mol. The summed E-state index contributed by atoms with van der Waals surface area (Å²) < 4.78 is 0. The van der Waals surface area contributed by atoms with Crippen LogP contribution in [-0.2, 0) is 4.79 Å². The summed E-state index contributed by atoms with van der Waals surface area (Å²) in [5, 5.41) is 16.1. The van der Waals surface area contributed by atoms with Gasteiger partial charge in [0.25, 0.3) is 5.91 Å². The van der Waals surface area contributed by atoms with Crippen LogP contribution < -0.4 is 5.32 Å². The second-order valence-electron chi connectivity index (χ2n) is 5.65. The molecular formula is C15H21NO3S. The van der Waals surface area contributed by atoms with Gasteiger partial charge in [0.2, 0.25) is 0 Å². The van der Waals surface area contributed by atoms with Crippen molar-refractivity contribution in [1.82, 2.24) is 5.32 Å². The predicted molar refractivity (Wildman–Crippen MR) is 79.2 cm³/mol. The molecule has 0 aromatic carbocycles. The molecule has 110 valence electrons. The molecule has 1 aromatic rings. The summed E-state index contributed by atoms with van der Waals surface area (Å²) in [6.45, 7) is 2.13. The molecule has 0 unspecified atom stereocenters. The molecule has 20 heavy (non-hydrogen) atoms. The Morgan fingerprint density at radius 1 is 1.25 bits per heavy atom. The standard InChI is InChI=1S/C15H21NO3S/c1-11-8-20-9-12(11)13(17)16-10-15(14(18)19)6-4-2-3-5-7-15/h8-9H,2-7,10H2,1H3,(H,16,17)(H,18,19). The van der Waals surface area contributed by atoms with Crippen molar-refractivity contribution >= 4 is 23.2 Å². The molecule has 1 fully saturated rings. The van der Waals surface area contributed by atoms with Crippen LogP contribution in [0.4, 0.5) is 0 Å². The summed E-state index contributed by atoms with van der Waals surface area (Å²) in [5.41, 5.74) is 0.817. The van der Waals surface area contributed by atoms with Crippen molar-refractivity contribution in [2.45, 2.75) is 45.4 Å². The monoisotopic (exact) mass is 295 g/mol. The van der Waals surface area contributed by atoms with Crippen molar-refractivity contribution < 1.29 is 14.7 Å². The maximum atomic E-state index is 12.1. The highest BCUT2D eigenvalue weighted by molar-refractivity contribution is 7.08. The van der Waals surface area contributed by atoms with Gasteiger partial charge in [-0.25, -0.2) is 0 Å². The molecule has 0 atom stereocenters. The Morgan fingerprint density at radius 3 is 2.40 bits per heavy atom. The van der Waals surface area contributed by atoms with Crippen molar-refractivity contribution in [2.75, 3.05) is 6.54 Å². The molecule has 4 nitrogen and oxygen atoms in total. The number of aliphatic carboxylic acids is 1. The SMILES string of the molecule is Cc1cscc1C(=O)NCC1(C(=O)O)CCCCCC1. The Morgan fingerprint density at radius 2 is 1.90 bits per heavy atom. The zero-order chi connectivity index (χ0) is 14.6. The van der Waals surface area contributed by atoms with E-state index in [1.54, 1.807) is 0 Å². The van der Waals surface area contributed by atoms with Crippen LogP contribution in [0.15, 0.2) is 10.8 Å². The number of nitrogens with one attached hydrogen (secondary N) is 1. The first-order valence-corrected chi connectivity index (χ1v) is 8.04. The lowest BCUT2D eigenvalue weighted by atomic mass is 9.80. The van der Waals surface area contributed by atoms with E-state index in [9.17, 15) is 14.7 Å². The van der Waals surface area contributed by atoms with Gasteiger partial charge in [-0.15, -0.1) is 0 Å². The molecule has 0 saturated heterocycles. The van der Waals surface area contributed by atoms with Gasteiger partial charge in [-0.05, 0) is 30.7 Å². The highest BCUT2D eigenvalue weighted by atomic mass is 32.1. The highest BCUT2D eigenvalue weighted by Crippen LogP contribution is 2.35. The lowest BCUT2D eigenvalue weighted by Gasteiger charge is -2.28. The van der Waals surface area contributed by atoms with Gasteiger partial charge in [-0.1, -0.05) is 25.7 Å². The molecule has 2 N–H and O–H groups in total. The zero-order valence-electron chi connectivity index (χ0n) is 11.8. The summed E-state index contributed by atoms with van der Waals surface area (Å²) in [7, 11) is 0. The summed E-state index contributed by atoms with van der Waals surface area (Å²) in [5.74, 6) is -0.935. The third-order valence-corrected chi connectivity index (χ3v) is 5.06. The van der Waals surface area contributed by atoms with E-state index in [0.717, 1.165) is 31.2 Å². The van der Waals surface area contributed by atoms with Gasteiger partial charge in [0.05, 0.1) is 11.0 Å². The summed E-state index contributed by atoms with van der Waals surface area (Å²) in [6.07, 6.45) is 5.36. The van der Waals surface area contributed by atoms with Crippen molar-refractivity contribution in [3.8, 4) is 0 Å². The molecule has 1 heterocycles. The fourth-order valence-corrected chi connectivity index (χ4v) is 3.64. The Labute approximate surface area is 123 Å². The third kappa shape index (κ3) is 3.20. The second-order valence-corrected chi connectivity index (χ2v) is 6.39. The number of carboxylic acids is 1. The van der Waals surface area contributed by atoms with E-state index in [4.69, 9.17) is 0 Å². The first-order chi connectivity index (χ1) is 9.55. The quantitative estimate of drug-likeness (QED) is 0.838. The third-order valence-electron chi connectivity index (χ3n) is 4.20. The largest absolute Gasteiger partial charge is 0.481 e. The van der Waals surface area contributed by atoms with Crippen LogP contribution in [0.2, 0.25) is 0 Å². The smallest absolute Gasteiger partial charge is 0.311 e. The van der Waals surface area contributed by atoms with Gasteiger partial charge in [0.15, 0.2) is 0 Å². The van der Waals surface area contributed by atoms with Crippen molar-refractivity contribution in [1.29, 1.82) is 0 Å². The van der Waals surface area contributed by atoms with Crippen LogP contribution in [0.1, 0.15) is 54.4 Å². The molecule has 1 aliphatic carbocycles. The Balaban J connectivity index is 2.04. The molecule has 1 amide bonds. The Bertz CT molecular complexity index is 487. The molecule has 0 bridgehead atoms. The number of rotatable bonds is 4. The number of carbonyl (C=O) groups excluding carboxylic acids is 1. The van der Waals surface area contributed by atoms with Crippen LogP contribution in [0, 0.1) is 12.3 Å². The van der Waals surface area contributed by atoms with Crippen LogP contribution in [0.25, 0.3) is 0 Å². The van der Waals surface area contributed by atoms with E-state index in [1.165, 1.54) is 11.3 Å².